The number of hydrogen-bond acceptors (Lipinski definition) is 5. The molecule has 0 radical (unpaired) electrons. The maximum absolute atomic E-state index is 13.0. The standard InChI is InChI=1S/C19H31N5O3/c20-13-19(6-7-21-14-19)23-17(25)16(12-15-4-2-1-3-5-15)22-18(26)24-8-10-27-11-9-24/h15-16,21H,1-12,14H2,(H,22,26)(H,23,25). The highest BCUT2D eigenvalue weighted by atomic mass is 16.5. The first-order chi connectivity index (χ1) is 13.1. The SMILES string of the molecule is N#CC1(NC(=O)C(CC2CCCCC2)NC(=O)N2CCOCC2)CCNC1. The number of amides is 3. The summed E-state index contributed by atoms with van der Waals surface area (Å²) in [6, 6.07) is 1.43. The zero-order valence-corrected chi connectivity index (χ0v) is 16.0. The predicted octanol–water partition coefficient (Wildman–Crippen LogP) is 0.739. The highest BCUT2D eigenvalue weighted by Gasteiger charge is 2.38. The van der Waals surface area contributed by atoms with Gasteiger partial charge in [0.2, 0.25) is 5.91 Å². The van der Waals surface area contributed by atoms with Gasteiger partial charge in [-0.2, -0.15) is 5.26 Å². The molecule has 3 fully saturated rings. The summed E-state index contributed by atoms with van der Waals surface area (Å²) in [6.45, 7) is 3.28. The van der Waals surface area contributed by atoms with Crippen molar-refractivity contribution < 1.29 is 14.3 Å². The Labute approximate surface area is 161 Å². The molecule has 2 saturated heterocycles. The number of ether oxygens (including phenoxy) is 1. The summed E-state index contributed by atoms with van der Waals surface area (Å²) < 4.78 is 5.30. The Hall–Kier alpha value is -1.85. The van der Waals surface area contributed by atoms with Gasteiger partial charge in [0.25, 0.3) is 0 Å². The van der Waals surface area contributed by atoms with E-state index in [-0.39, 0.29) is 11.9 Å². The summed E-state index contributed by atoms with van der Waals surface area (Å²) in [6.07, 6.45) is 7.03. The van der Waals surface area contributed by atoms with Crippen molar-refractivity contribution in [3.05, 3.63) is 0 Å². The third-order valence-electron chi connectivity index (χ3n) is 5.94. The molecule has 8 heteroatoms. The van der Waals surface area contributed by atoms with Crippen LogP contribution in [-0.4, -0.2) is 67.8 Å². The Balaban J connectivity index is 1.65. The van der Waals surface area contributed by atoms with E-state index in [1.165, 1.54) is 19.3 Å². The molecule has 2 heterocycles. The van der Waals surface area contributed by atoms with Crippen molar-refractivity contribution in [2.75, 3.05) is 39.4 Å². The van der Waals surface area contributed by atoms with Gasteiger partial charge in [-0.1, -0.05) is 32.1 Å². The third kappa shape index (κ3) is 5.33. The molecule has 8 nitrogen and oxygen atoms in total. The van der Waals surface area contributed by atoms with Crippen LogP contribution in [0.3, 0.4) is 0 Å². The van der Waals surface area contributed by atoms with Crippen LogP contribution in [0, 0.1) is 17.2 Å². The van der Waals surface area contributed by atoms with Crippen LogP contribution < -0.4 is 16.0 Å². The molecule has 1 saturated carbocycles. The quantitative estimate of drug-likeness (QED) is 0.655. The number of carbonyl (C=O) groups excluding carboxylic acids is 2. The molecular formula is C19H31N5O3. The number of nitrogens with zero attached hydrogens (tertiary/aromatic N) is 2. The van der Waals surface area contributed by atoms with Gasteiger partial charge in [-0.05, 0) is 25.3 Å². The van der Waals surface area contributed by atoms with Crippen LogP contribution >= 0.6 is 0 Å². The normalized spacial score (nSPS) is 27.6. The van der Waals surface area contributed by atoms with Gasteiger partial charge < -0.3 is 25.6 Å². The number of morpholine rings is 1. The fraction of sp³-hybridized carbons (Fsp3) is 0.842. The van der Waals surface area contributed by atoms with Crippen molar-refractivity contribution >= 4 is 11.9 Å². The van der Waals surface area contributed by atoms with Crippen LogP contribution in [0.25, 0.3) is 0 Å². The minimum Gasteiger partial charge on any atom is -0.378 e. The number of urea groups is 1. The summed E-state index contributed by atoms with van der Waals surface area (Å²) >= 11 is 0. The van der Waals surface area contributed by atoms with E-state index >= 15 is 0 Å². The molecule has 3 amide bonds. The molecule has 0 aromatic heterocycles. The van der Waals surface area contributed by atoms with Crippen molar-refractivity contribution in [2.24, 2.45) is 5.92 Å². The molecule has 150 valence electrons. The van der Waals surface area contributed by atoms with Gasteiger partial charge in [-0.25, -0.2) is 4.79 Å². The molecule has 27 heavy (non-hydrogen) atoms. The van der Waals surface area contributed by atoms with Crippen LogP contribution in [0.2, 0.25) is 0 Å². The lowest BCUT2D eigenvalue weighted by Gasteiger charge is -2.32. The Morgan fingerprint density at radius 1 is 1.26 bits per heavy atom. The second kappa shape index (κ2) is 9.38. The Kier molecular flexibility index (Phi) is 6.91. The molecule has 0 bridgehead atoms. The second-order valence-corrected chi connectivity index (χ2v) is 7.95. The van der Waals surface area contributed by atoms with Crippen molar-refractivity contribution in [3.63, 3.8) is 0 Å². The van der Waals surface area contributed by atoms with Gasteiger partial charge in [-0.15, -0.1) is 0 Å². The van der Waals surface area contributed by atoms with E-state index in [4.69, 9.17) is 4.74 Å². The average molecular weight is 377 g/mol. The summed E-state index contributed by atoms with van der Waals surface area (Å²) in [7, 11) is 0. The molecule has 0 aromatic carbocycles. The summed E-state index contributed by atoms with van der Waals surface area (Å²) in [5, 5.41) is 18.5. The lowest BCUT2D eigenvalue weighted by molar-refractivity contribution is -0.124. The van der Waals surface area contributed by atoms with Gasteiger partial charge in [0.05, 0.1) is 19.3 Å². The fourth-order valence-corrected chi connectivity index (χ4v) is 4.24. The molecule has 1 aliphatic carbocycles. The summed E-state index contributed by atoms with van der Waals surface area (Å²) in [5.74, 6) is 0.201. The lowest BCUT2D eigenvalue weighted by atomic mass is 9.84. The topological polar surface area (TPSA) is 106 Å². The summed E-state index contributed by atoms with van der Waals surface area (Å²) in [4.78, 5) is 27.3. The van der Waals surface area contributed by atoms with Crippen LogP contribution in [0.5, 0.6) is 0 Å². The van der Waals surface area contributed by atoms with E-state index in [9.17, 15) is 14.9 Å². The monoisotopic (exact) mass is 377 g/mol. The molecule has 0 spiro atoms. The van der Waals surface area contributed by atoms with E-state index < -0.39 is 11.6 Å². The molecule has 0 aromatic rings. The van der Waals surface area contributed by atoms with Gasteiger partial charge in [-0.3, -0.25) is 4.79 Å². The highest BCUT2D eigenvalue weighted by Crippen LogP contribution is 2.28. The second-order valence-electron chi connectivity index (χ2n) is 7.95. The average Bonchev–Trinajstić information content (AvgIpc) is 3.18. The van der Waals surface area contributed by atoms with Gasteiger partial charge in [0.1, 0.15) is 11.6 Å². The number of rotatable bonds is 5. The number of hydrogen-bond donors (Lipinski definition) is 3. The first-order valence-electron chi connectivity index (χ1n) is 10.2. The number of nitriles is 1. The minimum atomic E-state index is -0.869. The van der Waals surface area contributed by atoms with Gasteiger partial charge in [0.15, 0.2) is 0 Å². The molecule has 2 unspecified atom stereocenters. The maximum Gasteiger partial charge on any atom is 0.318 e. The third-order valence-corrected chi connectivity index (χ3v) is 5.94. The van der Waals surface area contributed by atoms with E-state index in [0.29, 0.717) is 58.2 Å². The van der Waals surface area contributed by atoms with Crippen molar-refractivity contribution in [3.8, 4) is 6.07 Å². The maximum atomic E-state index is 13.0. The number of nitrogens with one attached hydrogen (secondary N) is 3. The Morgan fingerprint density at radius 2 is 2.00 bits per heavy atom. The molecule has 3 N–H and O–H groups in total. The van der Waals surface area contributed by atoms with E-state index in [0.717, 1.165) is 12.8 Å². The van der Waals surface area contributed by atoms with Crippen LogP contribution in [0.4, 0.5) is 4.79 Å². The predicted molar refractivity (Wildman–Crippen MR) is 99.9 cm³/mol. The smallest absolute Gasteiger partial charge is 0.318 e. The number of carbonyl (C=O) groups is 2. The molecule has 3 aliphatic rings. The molecule has 3 rings (SSSR count). The van der Waals surface area contributed by atoms with E-state index in [1.54, 1.807) is 4.90 Å². The van der Waals surface area contributed by atoms with Gasteiger partial charge >= 0.3 is 6.03 Å². The minimum absolute atomic E-state index is 0.218. The van der Waals surface area contributed by atoms with Crippen LogP contribution in [0.1, 0.15) is 44.9 Å². The van der Waals surface area contributed by atoms with Crippen molar-refractivity contribution in [1.82, 2.24) is 20.9 Å². The van der Waals surface area contributed by atoms with Crippen LogP contribution in [-0.2, 0) is 9.53 Å². The molecule has 2 aliphatic heterocycles. The largest absolute Gasteiger partial charge is 0.378 e. The first-order valence-corrected chi connectivity index (χ1v) is 10.2. The van der Waals surface area contributed by atoms with E-state index in [2.05, 4.69) is 22.0 Å². The highest BCUT2D eigenvalue weighted by molar-refractivity contribution is 5.88. The van der Waals surface area contributed by atoms with E-state index in [1.807, 2.05) is 0 Å². The fourth-order valence-electron chi connectivity index (χ4n) is 4.24. The van der Waals surface area contributed by atoms with Gasteiger partial charge in [0, 0.05) is 19.6 Å². The lowest BCUT2D eigenvalue weighted by Crippen LogP contribution is -2.58. The van der Waals surface area contributed by atoms with Crippen molar-refractivity contribution in [1.29, 1.82) is 5.26 Å². The molecular weight excluding hydrogens is 346 g/mol. The zero-order chi connectivity index (χ0) is 19.1. The summed E-state index contributed by atoms with van der Waals surface area (Å²) in [5.41, 5.74) is -0.869. The Bertz CT molecular complexity index is 558. The van der Waals surface area contributed by atoms with Crippen LogP contribution in [0.15, 0.2) is 0 Å². The first kappa shape index (κ1) is 19.9. The zero-order valence-electron chi connectivity index (χ0n) is 16.0. The Morgan fingerprint density at radius 3 is 2.63 bits per heavy atom. The molecule has 2 atom stereocenters. The van der Waals surface area contributed by atoms with Crippen molar-refractivity contribution in [2.45, 2.75) is 56.5 Å².